The summed E-state index contributed by atoms with van der Waals surface area (Å²) in [6.07, 6.45) is 2.52. The van der Waals surface area contributed by atoms with Crippen molar-refractivity contribution in [2.75, 3.05) is 5.32 Å². The topological polar surface area (TPSA) is 59.1 Å². The molecule has 1 heterocycles. The maximum absolute atomic E-state index is 10.7. The van der Waals surface area contributed by atoms with Gasteiger partial charge in [0.05, 0.1) is 0 Å². The number of hydrogen-bond donors (Lipinski definition) is 1. The van der Waals surface area contributed by atoms with Crippen molar-refractivity contribution in [2.24, 2.45) is 0 Å². The first kappa shape index (κ1) is 9.38. The lowest BCUT2D eigenvalue weighted by atomic mass is 10.1. The van der Waals surface area contributed by atoms with Crippen LogP contribution in [0.15, 0.2) is 18.3 Å². The molecule has 0 aliphatic rings. The monoisotopic (exact) mass is 178 g/mol. The molecule has 0 radical (unpaired) electrons. The summed E-state index contributed by atoms with van der Waals surface area (Å²) in [4.78, 5) is 24.7. The Morgan fingerprint density at radius 3 is 2.85 bits per heavy atom. The number of ketones is 1. The third-order valence-electron chi connectivity index (χ3n) is 1.48. The number of carbonyl (C=O) groups is 2. The van der Waals surface area contributed by atoms with Gasteiger partial charge in [-0.3, -0.25) is 9.59 Å². The number of rotatable bonds is 4. The van der Waals surface area contributed by atoms with Gasteiger partial charge in [0.1, 0.15) is 11.6 Å². The number of amides is 1. The van der Waals surface area contributed by atoms with Crippen molar-refractivity contribution in [3.05, 3.63) is 23.9 Å². The first-order chi connectivity index (χ1) is 6.22. The lowest BCUT2D eigenvalue weighted by Gasteiger charge is -1.99. The minimum absolute atomic E-state index is 0.0953. The molecule has 1 amide bonds. The van der Waals surface area contributed by atoms with Crippen LogP contribution in [0.5, 0.6) is 0 Å². The van der Waals surface area contributed by atoms with Crippen molar-refractivity contribution in [2.45, 2.75) is 13.3 Å². The molecule has 1 aromatic heterocycles. The summed E-state index contributed by atoms with van der Waals surface area (Å²) in [6.45, 7) is 1.53. The highest BCUT2D eigenvalue weighted by Crippen LogP contribution is 2.04. The van der Waals surface area contributed by atoms with Crippen LogP contribution in [-0.4, -0.2) is 17.2 Å². The predicted molar refractivity (Wildman–Crippen MR) is 48.3 cm³/mol. The molecular formula is C9H10N2O2. The lowest BCUT2D eigenvalue weighted by molar-refractivity contribution is -0.116. The first-order valence-electron chi connectivity index (χ1n) is 3.87. The van der Waals surface area contributed by atoms with E-state index < -0.39 is 0 Å². The van der Waals surface area contributed by atoms with E-state index in [0.29, 0.717) is 18.6 Å². The fourth-order valence-electron chi connectivity index (χ4n) is 0.962. The van der Waals surface area contributed by atoms with Crippen molar-refractivity contribution in [3.8, 4) is 0 Å². The van der Waals surface area contributed by atoms with Crippen LogP contribution >= 0.6 is 0 Å². The average Bonchev–Trinajstić information content (AvgIpc) is 2.08. The molecule has 0 bridgehead atoms. The van der Waals surface area contributed by atoms with Gasteiger partial charge in [-0.1, -0.05) is 6.07 Å². The molecule has 0 aliphatic carbocycles. The SMILES string of the molecule is CC(=O)Cc1ccc(NC=O)nc1. The van der Waals surface area contributed by atoms with Gasteiger partial charge in [-0.25, -0.2) is 4.98 Å². The largest absolute Gasteiger partial charge is 0.313 e. The molecule has 0 unspecified atom stereocenters. The van der Waals surface area contributed by atoms with Crippen molar-refractivity contribution in [1.29, 1.82) is 0 Å². The number of Topliss-reactive ketones (excluding diaryl/α,β-unsaturated/α-hetero) is 1. The Balaban J connectivity index is 2.69. The van der Waals surface area contributed by atoms with E-state index in [1.165, 1.54) is 6.92 Å². The summed E-state index contributed by atoms with van der Waals surface area (Å²) in [5.74, 6) is 0.584. The Morgan fingerprint density at radius 1 is 1.62 bits per heavy atom. The van der Waals surface area contributed by atoms with Gasteiger partial charge in [0.25, 0.3) is 0 Å². The van der Waals surface area contributed by atoms with Crippen molar-refractivity contribution < 1.29 is 9.59 Å². The summed E-state index contributed by atoms with van der Waals surface area (Å²) in [5, 5.41) is 2.41. The fourth-order valence-corrected chi connectivity index (χ4v) is 0.962. The summed E-state index contributed by atoms with van der Waals surface area (Å²) in [6, 6.07) is 3.42. The molecule has 0 atom stereocenters. The molecule has 0 aliphatic heterocycles. The zero-order valence-corrected chi connectivity index (χ0v) is 7.28. The highest BCUT2D eigenvalue weighted by Gasteiger charge is 1.97. The van der Waals surface area contributed by atoms with E-state index in [1.54, 1.807) is 18.3 Å². The first-order valence-corrected chi connectivity index (χ1v) is 3.87. The zero-order chi connectivity index (χ0) is 9.68. The normalized spacial score (nSPS) is 9.31. The molecule has 4 nitrogen and oxygen atoms in total. The van der Waals surface area contributed by atoms with Gasteiger partial charge < -0.3 is 5.32 Å². The number of carbonyl (C=O) groups excluding carboxylic acids is 2. The van der Waals surface area contributed by atoms with E-state index in [-0.39, 0.29) is 5.78 Å². The minimum atomic E-state index is 0.0953. The maximum Gasteiger partial charge on any atom is 0.212 e. The van der Waals surface area contributed by atoms with E-state index in [9.17, 15) is 9.59 Å². The molecule has 0 saturated carbocycles. The summed E-state index contributed by atoms with van der Waals surface area (Å²) >= 11 is 0. The highest BCUT2D eigenvalue weighted by molar-refractivity contribution is 5.78. The Morgan fingerprint density at radius 2 is 2.38 bits per heavy atom. The van der Waals surface area contributed by atoms with Crippen molar-refractivity contribution in [1.82, 2.24) is 4.98 Å². The second-order valence-electron chi connectivity index (χ2n) is 2.69. The summed E-state index contributed by atoms with van der Waals surface area (Å²) in [7, 11) is 0. The second kappa shape index (κ2) is 4.35. The molecule has 13 heavy (non-hydrogen) atoms. The van der Waals surface area contributed by atoms with Gasteiger partial charge in [0, 0.05) is 12.6 Å². The number of hydrogen-bond acceptors (Lipinski definition) is 3. The summed E-state index contributed by atoms with van der Waals surface area (Å²) < 4.78 is 0. The molecule has 0 fully saturated rings. The minimum Gasteiger partial charge on any atom is -0.313 e. The van der Waals surface area contributed by atoms with Crippen LogP contribution in [0.4, 0.5) is 5.82 Å². The highest BCUT2D eigenvalue weighted by atomic mass is 16.1. The van der Waals surface area contributed by atoms with Crippen LogP contribution in [0, 0.1) is 0 Å². The Labute approximate surface area is 76.0 Å². The molecular weight excluding hydrogens is 168 g/mol. The number of nitrogens with one attached hydrogen (secondary N) is 1. The Bertz CT molecular complexity index is 306. The number of aromatic nitrogens is 1. The molecule has 1 aromatic rings. The number of nitrogens with zero attached hydrogens (tertiary/aromatic N) is 1. The molecule has 1 rings (SSSR count). The van der Waals surface area contributed by atoms with E-state index in [0.717, 1.165) is 5.56 Å². The number of anilines is 1. The van der Waals surface area contributed by atoms with Gasteiger partial charge in [-0.05, 0) is 18.6 Å². The van der Waals surface area contributed by atoms with Gasteiger partial charge in [0.2, 0.25) is 6.41 Å². The molecule has 0 aromatic carbocycles. The molecule has 0 spiro atoms. The number of pyridine rings is 1. The van der Waals surface area contributed by atoms with Crippen LogP contribution in [-0.2, 0) is 16.0 Å². The van der Waals surface area contributed by atoms with Gasteiger partial charge in [0.15, 0.2) is 0 Å². The van der Waals surface area contributed by atoms with Gasteiger partial charge in [-0.15, -0.1) is 0 Å². The third kappa shape index (κ3) is 3.02. The zero-order valence-electron chi connectivity index (χ0n) is 7.28. The quantitative estimate of drug-likeness (QED) is 0.693. The molecule has 0 saturated heterocycles. The molecule has 1 N–H and O–H groups in total. The van der Waals surface area contributed by atoms with E-state index in [2.05, 4.69) is 10.3 Å². The van der Waals surface area contributed by atoms with Crippen LogP contribution < -0.4 is 5.32 Å². The van der Waals surface area contributed by atoms with Gasteiger partial charge in [-0.2, -0.15) is 0 Å². The third-order valence-corrected chi connectivity index (χ3v) is 1.48. The van der Waals surface area contributed by atoms with Crippen molar-refractivity contribution >= 4 is 18.0 Å². The average molecular weight is 178 g/mol. The molecule has 4 heteroatoms. The van der Waals surface area contributed by atoms with Crippen LogP contribution in [0.25, 0.3) is 0 Å². The van der Waals surface area contributed by atoms with Gasteiger partial charge >= 0.3 is 0 Å². The Hall–Kier alpha value is -1.71. The van der Waals surface area contributed by atoms with Crippen LogP contribution in [0.3, 0.4) is 0 Å². The van der Waals surface area contributed by atoms with Crippen molar-refractivity contribution in [3.63, 3.8) is 0 Å². The van der Waals surface area contributed by atoms with Crippen LogP contribution in [0.2, 0.25) is 0 Å². The smallest absolute Gasteiger partial charge is 0.212 e. The molecule has 68 valence electrons. The summed E-state index contributed by atoms with van der Waals surface area (Å²) in [5.41, 5.74) is 0.851. The second-order valence-corrected chi connectivity index (χ2v) is 2.69. The maximum atomic E-state index is 10.7. The van der Waals surface area contributed by atoms with E-state index in [4.69, 9.17) is 0 Å². The standard InChI is InChI=1S/C9H10N2O2/c1-7(13)4-8-2-3-9(10-5-8)11-6-12/h2-3,5-6H,4H2,1H3,(H,10,11,12). The predicted octanol–water partition coefficient (Wildman–Crippen LogP) is 0.781. The lowest BCUT2D eigenvalue weighted by Crippen LogP contribution is -2.00. The van der Waals surface area contributed by atoms with Crippen LogP contribution in [0.1, 0.15) is 12.5 Å². The van der Waals surface area contributed by atoms with E-state index >= 15 is 0 Å². The fraction of sp³-hybridized carbons (Fsp3) is 0.222. The van der Waals surface area contributed by atoms with E-state index in [1.807, 2.05) is 0 Å². The Kier molecular flexibility index (Phi) is 3.14.